The summed E-state index contributed by atoms with van der Waals surface area (Å²) in [5.74, 6) is 0.829. The molecule has 0 heterocycles. The lowest BCUT2D eigenvalue weighted by Gasteiger charge is -2.17. The summed E-state index contributed by atoms with van der Waals surface area (Å²) < 4.78 is 39.4. The van der Waals surface area contributed by atoms with Crippen LogP contribution >= 0.6 is 0 Å². The Bertz CT molecular complexity index is 479. The minimum atomic E-state index is -4.35. The van der Waals surface area contributed by atoms with Gasteiger partial charge < -0.3 is 4.79 Å². The average Bonchev–Trinajstić information content (AvgIpc) is 2.82. The van der Waals surface area contributed by atoms with Crippen LogP contribution in [0.5, 0.6) is 0 Å². The predicted molar refractivity (Wildman–Crippen MR) is 71.6 cm³/mol. The summed E-state index contributed by atoms with van der Waals surface area (Å²) in [4.78, 5) is 10.4. The summed E-state index contributed by atoms with van der Waals surface area (Å²) in [5, 5.41) is 0. The number of carbonyl (C=O) groups is 1. The van der Waals surface area contributed by atoms with Gasteiger partial charge in [-0.1, -0.05) is 25.5 Å². The molecule has 0 spiro atoms. The monoisotopic (exact) mass is 284 g/mol. The molecule has 0 saturated heterocycles. The SMILES string of the molecule is CC1CC[C@H](c2ccc(CCC=O)c(C(F)(F)F)c2)C1. The van der Waals surface area contributed by atoms with Crippen LogP contribution in [0.2, 0.25) is 0 Å². The van der Waals surface area contributed by atoms with Crippen molar-refractivity contribution in [2.45, 2.75) is 51.1 Å². The maximum atomic E-state index is 13.1. The Labute approximate surface area is 117 Å². The molecule has 1 aliphatic carbocycles. The van der Waals surface area contributed by atoms with Crippen molar-refractivity contribution < 1.29 is 18.0 Å². The van der Waals surface area contributed by atoms with Gasteiger partial charge in [0.15, 0.2) is 0 Å². The van der Waals surface area contributed by atoms with Crippen molar-refractivity contribution in [2.75, 3.05) is 0 Å². The Morgan fingerprint density at radius 3 is 2.60 bits per heavy atom. The van der Waals surface area contributed by atoms with Crippen molar-refractivity contribution in [1.82, 2.24) is 0 Å². The lowest BCUT2D eigenvalue weighted by Crippen LogP contribution is -2.11. The summed E-state index contributed by atoms with van der Waals surface area (Å²) in [7, 11) is 0. The van der Waals surface area contributed by atoms with E-state index in [0.717, 1.165) is 24.8 Å². The van der Waals surface area contributed by atoms with E-state index >= 15 is 0 Å². The molecule has 1 nitrogen and oxygen atoms in total. The molecule has 1 aliphatic rings. The Morgan fingerprint density at radius 2 is 2.05 bits per heavy atom. The highest BCUT2D eigenvalue weighted by Crippen LogP contribution is 2.41. The van der Waals surface area contributed by atoms with Gasteiger partial charge in [0.1, 0.15) is 6.29 Å². The fraction of sp³-hybridized carbons (Fsp3) is 0.562. The van der Waals surface area contributed by atoms with E-state index in [1.54, 1.807) is 12.1 Å². The van der Waals surface area contributed by atoms with E-state index in [0.29, 0.717) is 12.2 Å². The van der Waals surface area contributed by atoms with Gasteiger partial charge in [-0.3, -0.25) is 0 Å². The molecular formula is C16H19F3O. The highest BCUT2D eigenvalue weighted by Gasteiger charge is 2.34. The molecule has 0 aromatic heterocycles. The first-order valence-electron chi connectivity index (χ1n) is 7.05. The number of aldehydes is 1. The van der Waals surface area contributed by atoms with Crippen LogP contribution in [-0.2, 0) is 17.4 Å². The van der Waals surface area contributed by atoms with Gasteiger partial charge >= 0.3 is 6.18 Å². The van der Waals surface area contributed by atoms with E-state index in [9.17, 15) is 18.0 Å². The number of rotatable bonds is 4. The van der Waals surface area contributed by atoms with E-state index < -0.39 is 11.7 Å². The molecule has 1 saturated carbocycles. The van der Waals surface area contributed by atoms with Gasteiger partial charge in [0, 0.05) is 6.42 Å². The zero-order chi connectivity index (χ0) is 14.8. The number of benzene rings is 1. The van der Waals surface area contributed by atoms with Gasteiger partial charge in [0.25, 0.3) is 0 Å². The molecule has 0 amide bonds. The number of carbonyl (C=O) groups excluding carboxylic acids is 1. The summed E-state index contributed by atoms with van der Waals surface area (Å²) in [6, 6.07) is 4.64. The van der Waals surface area contributed by atoms with Crippen LogP contribution in [-0.4, -0.2) is 6.29 Å². The third kappa shape index (κ3) is 3.41. The molecule has 1 fully saturated rings. The molecular weight excluding hydrogens is 265 g/mol. The van der Waals surface area contributed by atoms with Crippen molar-refractivity contribution >= 4 is 6.29 Å². The smallest absolute Gasteiger partial charge is 0.303 e. The molecule has 110 valence electrons. The molecule has 4 heteroatoms. The standard InChI is InChI=1S/C16H19F3O/c1-11-4-5-13(9-11)14-7-6-12(3-2-8-20)15(10-14)16(17,18)19/h6-8,10-11,13H,2-5,9H2,1H3/t11?,13-/m0/s1. The average molecular weight is 284 g/mol. The quantitative estimate of drug-likeness (QED) is 0.730. The Hall–Kier alpha value is -1.32. The number of hydrogen-bond donors (Lipinski definition) is 0. The predicted octanol–water partition coefficient (Wildman–Crippen LogP) is 4.74. The fourth-order valence-electron chi connectivity index (χ4n) is 3.05. The maximum absolute atomic E-state index is 13.1. The number of hydrogen-bond acceptors (Lipinski definition) is 1. The first kappa shape index (κ1) is 15.1. The van der Waals surface area contributed by atoms with E-state index in [-0.39, 0.29) is 24.3 Å². The lowest BCUT2D eigenvalue weighted by molar-refractivity contribution is -0.138. The van der Waals surface area contributed by atoms with Gasteiger partial charge in [-0.25, -0.2) is 0 Å². The molecule has 0 aliphatic heterocycles. The molecule has 1 aromatic rings. The van der Waals surface area contributed by atoms with Crippen LogP contribution in [0.3, 0.4) is 0 Å². The van der Waals surface area contributed by atoms with Crippen LogP contribution < -0.4 is 0 Å². The summed E-state index contributed by atoms with van der Waals surface area (Å²) in [5.41, 5.74) is 0.437. The van der Waals surface area contributed by atoms with E-state index in [1.807, 2.05) is 0 Å². The van der Waals surface area contributed by atoms with Crippen LogP contribution in [0.15, 0.2) is 18.2 Å². The van der Waals surface area contributed by atoms with Crippen molar-refractivity contribution in [3.8, 4) is 0 Å². The van der Waals surface area contributed by atoms with Gasteiger partial charge in [-0.15, -0.1) is 0 Å². The number of halogens is 3. The normalized spacial score (nSPS) is 23.0. The van der Waals surface area contributed by atoms with Gasteiger partial charge in [0.05, 0.1) is 5.56 Å². The second kappa shape index (κ2) is 5.98. The highest BCUT2D eigenvalue weighted by molar-refractivity contribution is 5.50. The molecule has 2 rings (SSSR count). The van der Waals surface area contributed by atoms with Gasteiger partial charge in [0.2, 0.25) is 0 Å². The lowest BCUT2D eigenvalue weighted by atomic mass is 9.91. The Kier molecular flexibility index (Phi) is 4.51. The molecule has 2 atom stereocenters. The summed E-state index contributed by atoms with van der Waals surface area (Å²) >= 11 is 0. The largest absolute Gasteiger partial charge is 0.416 e. The molecule has 1 unspecified atom stereocenters. The zero-order valence-electron chi connectivity index (χ0n) is 11.5. The number of aryl methyl sites for hydroxylation is 1. The van der Waals surface area contributed by atoms with Crippen molar-refractivity contribution in [1.29, 1.82) is 0 Å². The molecule has 1 aromatic carbocycles. The third-order valence-corrected chi connectivity index (χ3v) is 4.14. The zero-order valence-corrected chi connectivity index (χ0v) is 11.5. The van der Waals surface area contributed by atoms with Crippen molar-refractivity contribution in [3.05, 3.63) is 34.9 Å². The van der Waals surface area contributed by atoms with Crippen LogP contribution in [0.1, 0.15) is 55.2 Å². The van der Waals surface area contributed by atoms with E-state index in [4.69, 9.17) is 0 Å². The van der Waals surface area contributed by atoms with Crippen LogP contribution in [0.25, 0.3) is 0 Å². The minimum Gasteiger partial charge on any atom is -0.303 e. The number of alkyl halides is 3. The highest BCUT2D eigenvalue weighted by atomic mass is 19.4. The first-order valence-corrected chi connectivity index (χ1v) is 7.05. The summed E-state index contributed by atoms with van der Waals surface area (Å²) in [6.07, 6.45) is -0.399. The second-order valence-electron chi connectivity index (χ2n) is 5.73. The van der Waals surface area contributed by atoms with Gasteiger partial charge in [-0.05, 0) is 48.3 Å². The minimum absolute atomic E-state index is 0.128. The topological polar surface area (TPSA) is 17.1 Å². The van der Waals surface area contributed by atoms with Crippen LogP contribution in [0.4, 0.5) is 13.2 Å². The maximum Gasteiger partial charge on any atom is 0.416 e. The summed E-state index contributed by atoms with van der Waals surface area (Å²) in [6.45, 7) is 2.14. The van der Waals surface area contributed by atoms with Crippen LogP contribution in [0, 0.1) is 5.92 Å². The molecule has 0 bridgehead atoms. The Morgan fingerprint density at radius 1 is 1.30 bits per heavy atom. The van der Waals surface area contributed by atoms with E-state index in [2.05, 4.69) is 6.92 Å². The third-order valence-electron chi connectivity index (χ3n) is 4.14. The fourth-order valence-corrected chi connectivity index (χ4v) is 3.05. The molecule has 0 radical (unpaired) electrons. The van der Waals surface area contributed by atoms with Gasteiger partial charge in [-0.2, -0.15) is 13.2 Å². The van der Waals surface area contributed by atoms with E-state index in [1.165, 1.54) is 6.07 Å². The molecule has 0 N–H and O–H groups in total. The first-order chi connectivity index (χ1) is 9.41. The molecule has 20 heavy (non-hydrogen) atoms. The van der Waals surface area contributed by atoms with Crippen molar-refractivity contribution in [2.24, 2.45) is 5.92 Å². The van der Waals surface area contributed by atoms with Crippen molar-refractivity contribution in [3.63, 3.8) is 0 Å². The Balaban J connectivity index is 2.30. The second-order valence-corrected chi connectivity index (χ2v) is 5.73.